The standard InChI is InChI=1S/C17H19NO3S2/c1-11-16(19)18(12-8-9-22-10-12)17(2,23-11)15-13(20-3)6-5-7-14(15)21-4/h5-11H,1-4H3. The Morgan fingerprint density at radius 3 is 2.35 bits per heavy atom. The summed E-state index contributed by atoms with van der Waals surface area (Å²) in [4.78, 5) is 14.1. The molecule has 1 fully saturated rings. The first kappa shape index (κ1) is 16.2. The quantitative estimate of drug-likeness (QED) is 0.833. The van der Waals surface area contributed by atoms with E-state index >= 15 is 0 Å². The van der Waals surface area contributed by atoms with Crippen molar-refractivity contribution in [1.82, 2.24) is 0 Å². The van der Waals surface area contributed by atoms with Crippen LogP contribution in [0.5, 0.6) is 11.5 Å². The monoisotopic (exact) mass is 349 g/mol. The summed E-state index contributed by atoms with van der Waals surface area (Å²) in [5, 5.41) is 3.85. The average Bonchev–Trinajstić information content (AvgIpc) is 3.14. The maximum Gasteiger partial charge on any atom is 0.241 e. The number of carbonyl (C=O) groups excluding carboxylic acids is 1. The SMILES string of the molecule is COc1cccc(OC)c1C1(C)SC(C)C(=O)N1c1ccsc1. The highest BCUT2D eigenvalue weighted by molar-refractivity contribution is 8.02. The summed E-state index contributed by atoms with van der Waals surface area (Å²) in [5.74, 6) is 1.55. The van der Waals surface area contributed by atoms with Gasteiger partial charge in [0.05, 0.1) is 30.7 Å². The van der Waals surface area contributed by atoms with Gasteiger partial charge in [0.1, 0.15) is 16.4 Å². The molecule has 0 radical (unpaired) electrons. The number of hydrogen-bond acceptors (Lipinski definition) is 5. The van der Waals surface area contributed by atoms with Gasteiger partial charge in [-0.25, -0.2) is 0 Å². The Balaban J connectivity index is 2.22. The fourth-order valence-corrected chi connectivity index (χ4v) is 5.21. The number of rotatable bonds is 4. The molecule has 2 atom stereocenters. The van der Waals surface area contributed by atoms with Crippen molar-refractivity contribution >= 4 is 34.7 Å². The molecule has 0 bridgehead atoms. The summed E-state index contributed by atoms with van der Waals surface area (Å²) in [6, 6.07) is 7.68. The first-order valence-electron chi connectivity index (χ1n) is 7.28. The van der Waals surface area contributed by atoms with E-state index in [4.69, 9.17) is 9.47 Å². The normalized spacial score (nSPS) is 24.1. The van der Waals surface area contributed by atoms with Crippen LogP contribution in [0, 0.1) is 0 Å². The summed E-state index contributed by atoms with van der Waals surface area (Å²) >= 11 is 3.20. The molecule has 2 heterocycles. The second-order valence-corrected chi connectivity index (χ2v) is 7.95. The Bertz CT molecular complexity index is 694. The zero-order chi connectivity index (χ0) is 16.6. The summed E-state index contributed by atoms with van der Waals surface area (Å²) < 4.78 is 11.1. The third-order valence-corrected chi connectivity index (χ3v) is 6.13. The second kappa shape index (κ2) is 6.09. The van der Waals surface area contributed by atoms with Gasteiger partial charge < -0.3 is 9.47 Å². The Labute approximate surface area is 144 Å². The van der Waals surface area contributed by atoms with E-state index in [1.807, 2.05) is 46.8 Å². The summed E-state index contributed by atoms with van der Waals surface area (Å²) in [6.45, 7) is 4.00. The van der Waals surface area contributed by atoms with E-state index in [9.17, 15) is 4.79 Å². The van der Waals surface area contributed by atoms with E-state index in [1.54, 1.807) is 37.3 Å². The topological polar surface area (TPSA) is 38.8 Å². The van der Waals surface area contributed by atoms with Crippen molar-refractivity contribution in [3.05, 3.63) is 40.6 Å². The fourth-order valence-electron chi connectivity index (χ4n) is 3.08. The molecule has 1 aliphatic heterocycles. The van der Waals surface area contributed by atoms with Crippen molar-refractivity contribution in [3.63, 3.8) is 0 Å². The van der Waals surface area contributed by atoms with E-state index in [-0.39, 0.29) is 11.2 Å². The van der Waals surface area contributed by atoms with Gasteiger partial charge in [-0.2, -0.15) is 11.3 Å². The van der Waals surface area contributed by atoms with Crippen LogP contribution in [0.3, 0.4) is 0 Å². The lowest BCUT2D eigenvalue weighted by Gasteiger charge is -2.35. The largest absolute Gasteiger partial charge is 0.496 e. The van der Waals surface area contributed by atoms with E-state index in [0.29, 0.717) is 0 Å². The molecule has 6 heteroatoms. The average molecular weight is 349 g/mol. The Kier molecular flexibility index (Phi) is 4.29. The van der Waals surface area contributed by atoms with Gasteiger partial charge in [-0.1, -0.05) is 6.07 Å². The number of methoxy groups -OCH3 is 2. The third-order valence-electron chi connectivity index (χ3n) is 4.06. The van der Waals surface area contributed by atoms with Gasteiger partial charge in [-0.3, -0.25) is 9.69 Å². The van der Waals surface area contributed by atoms with E-state index < -0.39 is 4.87 Å². The zero-order valence-electron chi connectivity index (χ0n) is 13.5. The minimum atomic E-state index is -0.588. The lowest BCUT2D eigenvalue weighted by atomic mass is 10.0. The predicted molar refractivity (Wildman–Crippen MR) is 95.8 cm³/mol. The Morgan fingerprint density at radius 2 is 1.83 bits per heavy atom. The highest BCUT2D eigenvalue weighted by Gasteiger charge is 2.51. The molecule has 0 spiro atoms. The number of hydrogen-bond donors (Lipinski definition) is 0. The lowest BCUT2D eigenvalue weighted by Crippen LogP contribution is -2.40. The molecule has 0 N–H and O–H groups in total. The van der Waals surface area contributed by atoms with Crippen molar-refractivity contribution in [2.24, 2.45) is 0 Å². The van der Waals surface area contributed by atoms with Gasteiger partial charge in [0.15, 0.2) is 0 Å². The van der Waals surface area contributed by atoms with Gasteiger partial charge in [-0.15, -0.1) is 11.8 Å². The number of anilines is 1. The Hall–Kier alpha value is -1.66. The van der Waals surface area contributed by atoms with Crippen LogP contribution in [0.2, 0.25) is 0 Å². The molecule has 1 aromatic heterocycles. The minimum Gasteiger partial charge on any atom is -0.496 e. The summed E-state index contributed by atoms with van der Waals surface area (Å²) in [7, 11) is 3.28. The smallest absolute Gasteiger partial charge is 0.241 e. The molecule has 2 aromatic rings. The van der Waals surface area contributed by atoms with Crippen LogP contribution in [0.25, 0.3) is 0 Å². The highest BCUT2D eigenvalue weighted by atomic mass is 32.2. The summed E-state index contributed by atoms with van der Waals surface area (Å²) in [6.07, 6.45) is 0. The third kappa shape index (κ3) is 2.50. The van der Waals surface area contributed by atoms with Crippen LogP contribution in [0.4, 0.5) is 5.69 Å². The van der Waals surface area contributed by atoms with Crippen LogP contribution in [-0.4, -0.2) is 25.4 Å². The minimum absolute atomic E-state index is 0.101. The summed E-state index contributed by atoms with van der Waals surface area (Å²) in [5.41, 5.74) is 1.80. The highest BCUT2D eigenvalue weighted by Crippen LogP contribution is 2.55. The zero-order valence-corrected chi connectivity index (χ0v) is 15.2. The van der Waals surface area contributed by atoms with Gasteiger partial charge >= 0.3 is 0 Å². The van der Waals surface area contributed by atoms with Crippen LogP contribution < -0.4 is 14.4 Å². The molecule has 1 aliphatic rings. The van der Waals surface area contributed by atoms with E-state index in [1.165, 1.54) is 0 Å². The molecule has 0 aliphatic carbocycles. The Morgan fingerprint density at radius 1 is 1.17 bits per heavy atom. The van der Waals surface area contributed by atoms with Crippen molar-refractivity contribution in [2.75, 3.05) is 19.1 Å². The first-order valence-corrected chi connectivity index (χ1v) is 9.10. The molecule has 122 valence electrons. The second-order valence-electron chi connectivity index (χ2n) is 5.44. The number of thiophene rings is 1. The molecule has 3 rings (SSSR count). The molecule has 1 amide bonds. The first-order chi connectivity index (χ1) is 11.0. The van der Waals surface area contributed by atoms with Gasteiger partial charge in [0.2, 0.25) is 5.91 Å². The number of nitrogens with zero attached hydrogens (tertiary/aromatic N) is 1. The molecular formula is C17H19NO3S2. The number of thioether (sulfide) groups is 1. The maximum atomic E-state index is 12.8. The van der Waals surface area contributed by atoms with E-state index in [0.717, 1.165) is 22.7 Å². The number of amides is 1. The van der Waals surface area contributed by atoms with Crippen LogP contribution in [-0.2, 0) is 9.67 Å². The molecule has 0 saturated carbocycles. The van der Waals surface area contributed by atoms with Crippen molar-refractivity contribution in [1.29, 1.82) is 0 Å². The lowest BCUT2D eigenvalue weighted by molar-refractivity contribution is -0.117. The van der Waals surface area contributed by atoms with E-state index in [2.05, 4.69) is 6.92 Å². The molecule has 2 unspecified atom stereocenters. The maximum absolute atomic E-state index is 12.8. The fraction of sp³-hybridized carbons (Fsp3) is 0.353. The van der Waals surface area contributed by atoms with Crippen LogP contribution in [0.15, 0.2) is 35.0 Å². The molecule has 4 nitrogen and oxygen atoms in total. The van der Waals surface area contributed by atoms with Gasteiger partial charge in [0, 0.05) is 5.38 Å². The molecule has 1 aromatic carbocycles. The van der Waals surface area contributed by atoms with Crippen molar-refractivity contribution < 1.29 is 14.3 Å². The number of benzene rings is 1. The van der Waals surface area contributed by atoms with Crippen molar-refractivity contribution in [2.45, 2.75) is 24.0 Å². The van der Waals surface area contributed by atoms with Gasteiger partial charge in [0.25, 0.3) is 0 Å². The van der Waals surface area contributed by atoms with Crippen LogP contribution >= 0.6 is 23.1 Å². The predicted octanol–water partition coefficient (Wildman–Crippen LogP) is 4.11. The van der Waals surface area contributed by atoms with Crippen molar-refractivity contribution in [3.8, 4) is 11.5 Å². The molecule has 23 heavy (non-hydrogen) atoms. The van der Waals surface area contributed by atoms with Gasteiger partial charge in [-0.05, 0) is 37.4 Å². The molecule has 1 saturated heterocycles. The molecular weight excluding hydrogens is 330 g/mol. The number of ether oxygens (including phenoxy) is 2. The van der Waals surface area contributed by atoms with Crippen LogP contribution in [0.1, 0.15) is 19.4 Å². The number of carbonyl (C=O) groups is 1.